The highest BCUT2D eigenvalue weighted by molar-refractivity contribution is 5.79. The van der Waals surface area contributed by atoms with Crippen LogP contribution in [0.3, 0.4) is 0 Å². The molecule has 1 aromatic heterocycles. The highest BCUT2D eigenvalue weighted by Gasteiger charge is 2.25. The quantitative estimate of drug-likeness (QED) is 0.573. The summed E-state index contributed by atoms with van der Waals surface area (Å²) in [7, 11) is 0. The maximum Gasteiger partial charge on any atom is 0.312 e. The minimum atomic E-state index is -0.647. The third kappa shape index (κ3) is 5.95. The third-order valence-electron chi connectivity index (χ3n) is 5.76. The van der Waals surface area contributed by atoms with Crippen molar-refractivity contribution in [3.05, 3.63) is 71.6 Å². The molecule has 172 valence electrons. The molecule has 0 radical (unpaired) electrons. The Morgan fingerprint density at radius 3 is 2.42 bits per heavy atom. The standard InChI is InChI=1S/C24H28N6O3/c1-17-7-9-19(10-8-17)23-27-21(33-28-23)16-29-11-13-30(14-12-29)22(31)15-20(26-24(25)32)18-5-3-2-4-6-18/h2-10,20H,11-16H2,1H3,(H3,25,26,32). The minimum absolute atomic E-state index is 0.0169. The van der Waals surface area contributed by atoms with E-state index in [1.165, 1.54) is 5.56 Å². The predicted octanol–water partition coefficient (Wildman–Crippen LogP) is 2.49. The molecule has 9 heteroatoms. The highest BCUT2D eigenvalue weighted by atomic mass is 16.5. The molecule has 1 unspecified atom stereocenters. The number of primary amides is 1. The SMILES string of the molecule is Cc1ccc(-c2noc(CN3CCN(C(=O)CC(NC(N)=O)c4ccccc4)CC3)n2)cc1. The molecular weight excluding hydrogens is 420 g/mol. The van der Waals surface area contributed by atoms with Crippen molar-refractivity contribution in [1.29, 1.82) is 0 Å². The van der Waals surface area contributed by atoms with Gasteiger partial charge in [-0.1, -0.05) is 65.3 Å². The highest BCUT2D eigenvalue weighted by Crippen LogP contribution is 2.20. The van der Waals surface area contributed by atoms with Gasteiger partial charge in [0, 0.05) is 31.7 Å². The van der Waals surface area contributed by atoms with E-state index < -0.39 is 12.1 Å². The van der Waals surface area contributed by atoms with E-state index in [1.54, 1.807) is 0 Å². The van der Waals surface area contributed by atoms with Crippen molar-refractivity contribution in [3.8, 4) is 11.4 Å². The van der Waals surface area contributed by atoms with Crippen molar-refractivity contribution in [2.75, 3.05) is 26.2 Å². The Labute approximate surface area is 192 Å². The molecule has 0 saturated carbocycles. The minimum Gasteiger partial charge on any atom is -0.352 e. The monoisotopic (exact) mass is 448 g/mol. The predicted molar refractivity (Wildman–Crippen MR) is 123 cm³/mol. The van der Waals surface area contributed by atoms with Gasteiger partial charge in [-0.3, -0.25) is 9.69 Å². The third-order valence-corrected chi connectivity index (χ3v) is 5.76. The molecule has 1 aliphatic heterocycles. The summed E-state index contributed by atoms with van der Waals surface area (Å²) in [5.41, 5.74) is 8.27. The summed E-state index contributed by atoms with van der Waals surface area (Å²) < 4.78 is 5.43. The molecule has 1 saturated heterocycles. The van der Waals surface area contributed by atoms with Gasteiger partial charge in [0.2, 0.25) is 17.6 Å². The van der Waals surface area contributed by atoms with E-state index in [0.717, 1.165) is 11.1 Å². The Bertz CT molecular complexity index is 1080. The molecule has 3 amide bonds. The lowest BCUT2D eigenvalue weighted by atomic mass is 10.0. The van der Waals surface area contributed by atoms with Crippen LogP contribution in [0.2, 0.25) is 0 Å². The van der Waals surface area contributed by atoms with Crippen molar-refractivity contribution in [2.24, 2.45) is 5.73 Å². The molecule has 9 nitrogen and oxygen atoms in total. The summed E-state index contributed by atoms with van der Waals surface area (Å²) in [6.45, 7) is 5.16. The molecule has 2 heterocycles. The van der Waals surface area contributed by atoms with Gasteiger partial charge in [0.05, 0.1) is 19.0 Å². The molecule has 0 bridgehead atoms. The van der Waals surface area contributed by atoms with Crippen molar-refractivity contribution in [2.45, 2.75) is 25.9 Å². The lowest BCUT2D eigenvalue weighted by Crippen LogP contribution is -2.49. The van der Waals surface area contributed by atoms with Crippen molar-refractivity contribution in [3.63, 3.8) is 0 Å². The van der Waals surface area contributed by atoms with E-state index in [9.17, 15) is 9.59 Å². The second-order valence-electron chi connectivity index (χ2n) is 8.21. The number of nitrogens with one attached hydrogen (secondary N) is 1. The van der Waals surface area contributed by atoms with E-state index in [-0.39, 0.29) is 12.3 Å². The molecule has 3 aromatic rings. The molecule has 33 heavy (non-hydrogen) atoms. The van der Waals surface area contributed by atoms with Crippen LogP contribution in [0.25, 0.3) is 11.4 Å². The van der Waals surface area contributed by atoms with Gasteiger partial charge in [0.15, 0.2) is 0 Å². The van der Waals surface area contributed by atoms with Crippen LogP contribution >= 0.6 is 0 Å². The number of benzene rings is 2. The lowest BCUT2D eigenvalue weighted by Gasteiger charge is -2.34. The van der Waals surface area contributed by atoms with Crippen LogP contribution in [0.5, 0.6) is 0 Å². The normalized spacial score (nSPS) is 15.2. The molecule has 3 N–H and O–H groups in total. The van der Waals surface area contributed by atoms with Crippen LogP contribution in [0.1, 0.15) is 29.5 Å². The van der Waals surface area contributed by atoms with Crippen LogP contribution < -0.4 is 11.1 Å². The van der Waals surface area contributed by atoms with E-state index in [4.69, 9.17) is 10.3 Å². The Morgan fingerprint density at radius 2 is 1.76 bits per heavy atom. The second kappa shape index (κ2) is 10.3. The number of nitrogens with zero attached hydrogens (tertiary/aromatic N) is 4. The zero-order valence-corrected chi connectivity index (χ0v) is 18.6. The number of aryl methyl sites for hydroxylation is 1. The molecule has 4 rings (SSSR count). The summed E-state index contributed by atoms with van der Waals surface area (Å²) in [4.78, 5) is 32.8. The number of carbonyl (C=O) groups is 2. The zero-order valence-electron chi connectivity index (χ0n) is 18.6. The van der Waals surface area contributed by atoms with Gasteiger partial charge in [0.25, 0.3) is 0 Å². The first-order chi connectivity index (χ1) is 16.0. The van der Waals surface area contributed by atoms with E-state index >= 15 is 0 Å². The zero-order chi connectivity index (χ0) is 23.2. The van der Waals surface area contributed by atoms with Crippen LogP contribution in [0.4, 0.5) is 4.79 Å². The van der Waals surface area contributed by atoms with Crippen molar-refractivity contribution in [1.82, 2.24) is 25.3 Å². The molecule has 1 fully saturated rings. The summed E-state index contributed by atoms with van der Waals surface area (Å²) in [6, 6.07) is 16.3. The number of hydrogen-bond acceptors (Lipinski definition) is 6. The number of rotatable bonds is 7. The average Bonchev–Trinajstić information content (AvgIpc) is 3.28. The number of hydrogen-bond donors (Lipinski definition) is 2. The summed E-state index contributed by atoms with van der Waals surface area (Å²) in [5.74, 6) is 1.12. The fraction of sp³-hybridized carbons (Fsp3) is 0.333. The maximum atomic E-state index is 12.9. The molecule has 0 aliphatic carbocycles. The van der Waals surface area contributed by atoms with Crippen LogP contribution in [0.15, 0.2) is 59.1 Å². The van der Waals surface area contributed by atoms with Crippen LogP contribution in [-0.2, 0) is 11.3 Å². The maximum absolute atomic E-state index is 12.9. The van der Waals surface area contributed by atoms with Crippen LogP contribution in [0, 0.1) is 6.92 Å². The summed E-state index contributed by atoms with van der Waals surface area (Å²) in [5, 5.41) is 6.77. The smallest absolute Gasteiger partial charge is 0.312 e. The Kier molecular flexibility index (Phi) is 6.99. The number of carbonyl (C=O) groups excluding carboxylic acids is 2. The van der Waals surface area contributed by atoms with Gasteiger partial charge in [0.1, 0.15) is 0 Å². The molecule has 1 atom stereocenters. The lowest BCUT2D eigenvalue weighted by molar-refractivity contribution is -0.133. The van der Waals surface area contributed by atoms with E-state index in [0.29, 0.717) is 44.4 Å². The Morgan fingerprint density at radius 1 is 1.06 bits per heavy atom. The molecule has 0 spiro atoms. The largest absolute Gasteiger partial charge is 0.352 e. The van der Waals surface area contributed by atoms with Crippen molar-refractivity contribution >= 4 is 11.9 Å². The number of aromatic nitrogens is 2. The second-order valence-corrected chi connectivity index (χ2v) is 8.21. The molecular formula is C24H28N6O3. The van der Waals surface area contributed by atoms with E-state index in [2.05, 4.69) is 20.4 Å². The van der Waals surface area contributed by atoms with Gasteiger partial charge in [-0.05, 0) is 12.5 Å². The fourth-order valence-corrected chi connectivity index (χ4v) is 3.90. The van der Waals surface area contributed by atoms with E-state index in [1.807, 2.05) is 66.4 Å². The Balaban J connectivity index is 1.30. The average molecular weight is 449 g/mol. The molecule has 1 aliphatic rings. The first-order valence-electron chi connectivity index (χ1n) is 11.0. The van der Waals surface area contributed by atoms with Gasteiger partial charge in [-0.2, -0.15) is 4.98 Å². The Hall–Kier alpha value is -3.72. The first kappa shape index (κ1) is 22.5. The number of nitrogens with two attached hydrogens (primary N) is 1. The number of piperazine rings is 1. The van der Waals surface area contributed by atoms with Gasteiger partial charge >= 0.3 is 6.03 Å². The van der Waals surface area contributed by atoms with Gasteiger partial charge in [-0.25, -0.2) is 4.79 Å². The molecule has 2 aromatic carbocycles. The number of amides is 3. The first-order valence-corrected chi connectivity index (χ1v) is 11.0. The van der Waals surface area contributed by atoms with Gasteiger partial charge < -0.3 is 20.5 Å². The fourth-order valence-electron chi connectivity index (χ4n) is 3.90. The topological polar surface area (TPSA) is 118 Å². The summed E-state index contributed by atoms with van der Waals surface area (Å²) >= 11 is 0. The summed E-state index contributed by atoms with van der Waals surface area (Å²) in [6.07, 6.45) is 0.163. The van der Waals surface area contributed by atoms with Crippen molar-refractivity contribution < 1.29 is 14.1 Å². The van der Waals surface area contributed by atoms with Gasteiger partial charge in [-0.15, -0.1) is 0 Å². The number of urea groups is 1. The van der Waals surface area contributed by atoms with Crippen LogP contribution in [-0.4, -0.2) is 58.1 Å².